The lowest BCUT2D eigenvalue weighted by Crippen LogP contribution is -2.43. The molecule has 0 unspecified atom stereocenters. The summed E-state index contributed by atoms with van der Waals surface area (Å²) in [6.45, 7) is 13.2. The number of ether oxygens (including phenoxy) is 1. The zero-order chi connectivity index (χ0) is 88.9. The molecule has 0 atom stereocenters. The molecule has 0 saturated carbocycles. The van der Waals surface area contributed by atoms with Crippen LogP contribution in [-0.2, 0) is 68.5 Å². The second-order valence-corrected chi connectivity index (χ2v) is 40.2. The van der Waals surface area contributed by atoms with Gasteiger partial charge in [-0.05, 0) is 253 Å². The molecule has 3 saturated heterocycles. The molecule has 0 aliphatic carbocycles. The summed E-state index contributed by atoms with van der Waals surface area (Å²) in [5.41, 5.74) is 3.86. The lowest BCUT2D eigenvalue weighted by Gasteiger charge is -2.28. The summed E-state index contributed by atoms with van der Waals surface area (Å²) in [5.74, 6) is -6.61. The van der Waals surface area contributed by atoms with E-state index in [1.54, 1.807) is 54.6 Å². The van der Waals surface area contributed by atoms with Crippen LogP contribution >= 0.6 is 68.8 Å². The third-order valence-electron chi connectivity index (χ3n) is 20.5. The van der Waals surface area contributed by atoms with E-state index in [0.717, 1.165) is 195 Å². The maximum Gasteiger partial charge on any atom is 0.333 e. The van der Waals surface area contributed by atoms with Crippen LogP contribution in [-0.4, -0.2) is 185 Å². The minimum Gasteiger partial charge on any atom is -0.385 e. The van der Waals surface area contributed by atoms with Gasteiger partial charge < -0.3 is 46.4 Å². The number of carbonyl (C=O) groups is 9. The topological polar surface area (TPSA) is 393 Å². The zero-order valence-corrected chi connectivity index (χ0v) is 73.6. The molecule has 0 radical (unpaired) electrons. The first-order chi connectivity index (χ1) is 59.8. The Labute approximate surface area is 744 Å². The average molecular weight is 1890 g/mol. The number of amides is 12. The Kier molecular flexibility index (Phi) is 30.4. The number of hydrogen-bond acceptors (Lipinski definition) is 25. The van der Waals surface area contributed by atoms with Crippen molar-refractivity contribution >= 4 is 204 Å². The molecule has 43 heteroatoms. The van der Waals surface area contributed by atoms with Gasteiger partial charge in [0.05, 0.1) is 62.5 Å². The average Bonchev–Trinajstić information content (AvgIpc) is 1.49. The molecule has 3 fully saturated rings. The lowest BCUT2D eigenvalue weighted by molar-refractivity contribution is -0.118. The van der Waals surface area contributed by atoms with Crippen molar-refractivity contribution in [2.75, 3.05) is 138 Å². The van der Waals surface area contributed by atoms with Gasteiger partial charge in [0, 0.05) is 83.5 Å². The SMILES string of the molecule is O=C(Nc1ccc(N2C(=O)Cc3cc(NCCCN4CCCC4)ccc3C2=O)c(F)c1)NS(=O)(=O)c1ccc(Cl)s1.O=C(Nc1ccc(N2C(=O)Cc3cc(NCCCN4CCCCC4)ccc3C2=O)c(F)c1)NS(=O)(=O)c1ccc(Cl)s1.O=C(Nc1ccc(N2C(=O)Cc3cc(NCCCN4CCOCC4)ccc3C2=O)c(F)c1)NS(=O)(=O)c1ccc(Cl)s1. The molecule has 125 heavy (non-hydrogen) atoms. The standard InChI is InChI=1S/C28H29ClFN5O5S2.C27H27ClFN5O6S2.C27H27ClFN5O5S2/c29-24-9-10-26(41-24)42(39,40)33-28(38)32-20-6-8-23(22(30)17-20)35-25(36)16-18-15-19(5-7-21(18)27(35)37)31-11-4-14-34-12-2-1-3-13-34;28-23-6-7-25(41-23)42(38,39)32-27(37)31-19-3-5-22(21(29)16-19)34-24(35)15-17-14-18(2-4-20(17)26(34)36)30-8-1-9-33-10-12-40-13-11-33;28-23-8-9-25(40-23)41(38,39)32-27(37)31-19-5-7-22(21(29)16-19)34-24(35)15-17-14-18(4-6-20(17)26(34)36)30-10-3-13-33-11-1-2-12-33/h5-10,15,17,31H,1-4,11-14,16H2,(H2,32,33,38);2-7,14,16,30H,1,8-13,15H2,(H2,31,32,37);4-9,14,16,30H,1-3,10-13,15H2,(H2,31,32,37). The summed E-state index contributed by atoms with van der Waals surface area (Å²) in [4.78, 5) is 125. The fourth-order valence-electron chi connectivity index (χ4n) is 14.6. The van der Waals surface area contributed by atoms with Gasteiger partial charge in [0.25, 0.3) is 47.8 Å². The number of nitrogens with zero attached hydrogens (tertiary/aromatic N) is 6. The second kappa shape index (κ2) is 41.2. The number of rotatable bonds is 27. The Morgan fingerprint density at radius 2 is 0.640 bits per heavy atom. The monoisotopic (exact) mass is 1890 g/mol. The number of halogens is 6. The van der Waals surface area contributed by atoms with Crippen LogP contribution in [0.15, 0.2) is 158 Å². The van der Waals surface area contributed by atoms with Crippen LogP contribution in [0.2, 0.25) is 13.0 Å². The number of fused-ring (bicyclic) bond motifs is 3. The highest BCUT2D eigenvalue weighted by atomic mass is 35.5. The Bertz CT molecular complexity index is 5750. The summed E-state index contributed by atoms with van der Waals surface area (Å²) >= 11 is 19.6. The van der Waals surface area contributed by atoms with Gasteiger partial charge in [0.2, 0.25) is 17.7 Å². The Morgan fingerprint density at radius 1 is 0.360 bits per heavy atom. The molecule has 6 aromatic carbocycles. The quantitative estimate of drug-likeness (QED) is 0.0170. The van der Waals surface area contributed by atoms with Crippen LogP contribution in [0.5, 0.6) is 0 Å². The van der Waals surface area contributed by atoms with Crippen LogP contribution in [0.25, 0.3) is 0 Å². The minimum absolute atomic E-state index is 0.0820. The third-order valence-corrected chi connectivity index (χ3v) is 29.7. The van der Waals surface area contributed by atoms with Crippen LogP contribution in [0.1, 0.15) is 99.1 Å². The number of likely N-dealkylation sites (tertiary alicyclic amines) is 2. The molecule has 31 nitrogen and oxygen atoms in total. The van der Waals surface area contributed by atoms with Gasteiger partial charge in [-0.1, -0.05) is 41.2 Å². The first-order valence-corrected chi connectivity index (χ1v) is 47.5. The highest BCUT2D eigenvalue weighted by molar-refractivity contribution is 7.93. The molecule has 3 aromatic heterocycles. The number of imide groups is 3. The molecule has 0 spiro atoms. The van der Waals surface area contributed by atoms with Crippen molar-refractivity contribution in [1.29, 1.82) is 0 Å². The van der Waals surface area contributed by atoms with Crippen LogP contribution in [0.3, 0.4) is 0 Å². The summed E-state index contributed by atoms with van der Waals surface area (Å²) in [6, 6.07) is 30.0. The Balaban J connectivity index is 0.000000161. The van der Waals surface area contributed by atoms with Crippen LogP contribution < -0.4 is 60.8 Å². The fourth-order valence-corrected chi connectivity index (χ4v) is 21.7. The van der Waals surface area contributed by atoms with E-state index in [9.17, 15) is 68.4 Å². The number of hydrogen-bond donors (Lipinski definition) is 9. The van der Waals surface area contributed by atoms with E-state index < -0.39 is 101 Å². The second-order valence-electron chi connectivity index (χ2n) is 29.3. The number of piperidine rings is 1. The van der Waals surface area contributed by atoms with Gasteiger partial charge in [-0.25, -0.2) is 81.7 Å². The maximum absolute atomic E-state index is 15.1. The molecular weight excluding hydrogens is 1810 g/mol. The number of carbonyl (C=O) groups excluding carboxylic acids is 9. The molecule has 15 rings (SSSR count). The summed E-state index contributed by atoms with van der Waals surface area (Å²) in [6.07, 6.45) is 8.90. The van der Waals surface area contributed by atoms with Crippen molar-refractivity contribution in [3.8, 4) is 0 Å². The molecule has 6 aliphatic heterocycles. The van der Waals surface area contributed by atoms with Gasteiger partial charge in [-0.3, -0.25) is 33.7 Å². The van der Waals surface area contributed by atoms with E-state index in [4.69, 9.17) is 39.5 Å². The van der Waals surface area contributed by atoms with E-state index >= 15 is 13.2 Å². The largest absolute Gasteiger partial charge is 0.385 e. The molecule has 660 valence electrons. The molecule has 9 aromatic rings. The molecule has 9 N–H and O–H groups in total. The first kappa shape index (κ1) is 92.1. The maximum atomic E-state index is 15.1. The Hall–Kier alpha value is -10.6. The van der Waals surface area contributed by atoms with Gasteiger partial charge in [-0.15, -0.1) is 34.0 Å². The van der Waals surface area contributed by atoms with Gasteiger partial charge in [0.15, 0.2) is 0 Å². The molecule has 12 amide bonds. The van der Waals surface area contributed by atoms with Crippen LogP contribution in [0, 0.1) is 17.5 Å². The number of sulfonamides is 3. The van der Waals surface area contributed by atoms with E-state index in [-0.39, 0.29) is 84.6 Å². The van der Waals surface area contributed by atoms with Crippen molar-refractivity contribution in [2.24, 2.45) is 0 Å². The summed E-state index contributed by atoms with van der Waals surface area (Å²) in [7, 11) is -12.5. The smallest absolute Gasteiger partial charge is 0.333 e. The van der Waals surface area contributed by atoms with Crippen molar-refractivity contribution in [3.63, 3.8) is 0 Å². The van der Waals surface area contributed by atoms with Crippen molar-refractivity contribution < 1.29 is 86.3 Å². The van der Waals surface area contributed by atoms with Crippen molar-refractivity contribution in [2.45, 2.75) is 83.3 Å². The normalized spacial score (nSPS) is 15.7. The molecule has 9 heterocycles. The third kappa shape index (κ3) is 23.8. The van der Waals surface area contributed by atoms with Crippen molar-refractivity contribution in [3.05, 3.63) is 209 Å². The fraction of sp³-hybridized carbons (Fsp3) is 0.305. The predicted molar refractivity (Wildman–Crippen MR) is 474 cm³/mol. The Morgan fingerprint density at radius 3 is 0.920 bits per heavy atom. The highest BCUT2D eigenvalue weighted by Crippen LogP contribution is 2.37. The van der Waals surface area contributed by atoms with Gasteiger partial charge in [0.1, 0.15) is 30.1 Å². The summed E-state index contributed by atoms with van der Waals surface area (Å²) in [5, 5.41) is 16.7. The highest BCUT2D eigenvalue weighted by Gasteiger charge is 2.38. The summed E-state index contributed by atoms with van der Waals surface area (Å²) < 4.78 is 130. The predicted octanol–water partition coefficient (Wildman–Crippen LogP) is 13.7. The molecular formula is C82H83Cl3F3N15O16S6. The van der Waals surface area contributed by atoms with E-state index in [0.29, 0.717) is 27.8 Å². The number of morpholine rings is 1. The van der Waals surface area contributed by atoms with Crippen molar-refractivity contribution in [1.82, 2.24) is 28.9 Å². The van der Waals surface area contributed by atoms with E-state index in [1.165, 1.54) is 105 Å². The number of nitrogens with one attached hydrogen (secondary N) is 9. The first-order valence-electron chi connectivity index (χ1n) is 39.4. The van der Waals surface area contributed by atoms with Gasteiger partial charge in [-0.2, -0.15) is 0 Å². The minimum atomic E-state index is -4.18. The number of anilines is 9. The van der Waals surface area contributed by atoms with E-state index in [1.807, 2.05) is 14.2 Å². The van der Waals surface area contributed by atoms with E-state index in [2.05, 4.69) is 46.6 Å². The lowest BCUT2D eigenvalue weighted by atomic mass is 9.97. The number of thiophene rings is 3. The zero-order valence-electron chi connectivity index (χ0n) is 66.5. The van der Waals surface area contributed by atoms with Gasteiger partial charge >= 0.3 is 18.1 Å². The molecule has 6 aliphatic rings. The van der Waals surface area contributed by atoms with Crippen LogP contribution in [0.4, 0.5) is 78.7 Å². The molecule has 0 bridgehead atoms. The number of urea groups is 3. The number of benzene rings is 6.